The summed E-state index contributed by atoms with van der Waals surface area (Å²) in [6.07, 6.45) is 3.74. The van der Waals surface area contributed by atoms with E-state index in [0.29, 0.717) is 5.69 Å². The minimum Gasteiger partial charge on any atom is -0.481 e. The van der Waals surface area contributed by atoms with Crippen LogP contribution in [0.3, 0.4) is 0 Å². The van der Waals surface area contributed by atoms with Gasteiger partial charge in [0.1, 0.15) is 24.7 Å². The number of carbonyl (C=O) groups excluding carboxylic acids is 5. The molecule has 4 amide bonds. The van der Waals surface area contributed by atoms with Crippen molar-refractivity contribution in [2.24, 2.45) is 22.4 Å². The number of carboxylic acids is 1. The van der Waals surface area contributed by atoms with Gasteiger partial charge in [0.05, 0.1) is 25.4 Å². The van der Waals surface area contributed by atoms with E-state index in [4.69, 9.17) is 20.9 Å². The average molecular weight is 714 g/mol. The molecule has 51 heavy (non-hydrogen) atoms. The van der Waals surface area contributed by atoms with E-state index in [1.54, 1.807) is 45.0 Å². The Morgan fingerprint density at radius 3 is 2.25 bits per heavy atom. The summed E-state index contributed by atoms with van der Waals surface area (Å²) >= 11 is 0. The Bertz CT molecular complexity index is 1490. The number of H-pyrrole nitrogens is 1. The molecule has 0 unspecified atom stereocenters. The van der Waals surface area contributed by atoms with Gasteiger partial charge >= 0.3 is 18.0 Å². The third-order valence-corrected chi connectivity index (χ3v) is 7.10. The molecule has 1 aromatic heterocycles. The first kappa shape index (κ1) is 41.2. The number of guanidine groups is 1. The maximum absolute atomic E-state index is 13.8. The maximum atomic E-state index is 13.8. The number of ether oxygens (including phenoxy) is 2. The molecule has 0 aliphatic heterocycles. The Morgan fingerprint density at radius 1 is 0.961 bits per heavy atom. The fourth-order valence-electron chi connectivity index (χ4n) is 4.58. The van der Waals surface area contributed by atoms with Crippen molar-refractivity contribution in [1.29, 1.82) is 0 Å². The number of hydrogen-bond donors (Lipinski definition) is 8. The number of aliphatic carboxylic acids is 1. The number of nitrogens with two attached hydrogens (primary N) is 2. The van der Waals surface area contributed by atoms with Crippen molar-refractivity contribution in [2.75, 3.05) is 13.2 Å². The molecular formula is C33H47N9O9. The fraction of sp³-hybridized carbons (Fsp3) is 0.455. The first-order chi connectivity index (χ1) is 24.3. The lowest BCUT2D eigenvalue weighted by Gasteiger charge is -2.27. The van der Waals surface area contributed by atoms with Crippen molar-refractivity contribution in [2.45, 2.75) is 77.2 Å². The summed E-state index contributed by atoms with van der Waals surface area (Å²) in [6.45, 7) is 5.19. The van der Waals surface area contributed by atoms with Crippen LogP contribution in [0.5, 0.6) is 0 Å². The molecule has 2 rings (SSSR count). The van der Waals surface area contributed by atoms with E-state index in [1.165, 1.54) is 18.6 Å². The Labute approximate surface area is 295 Å². The van der Waals surface area contributed by atoms with E-state index in [9.17, 15) is 33.9 Å². The minimum absolute atomic E-state index is 0.0271. The number of alkyl carbamates (subject to hydrolysis) is 1. The van der Waals surface area contributed by atoms with Crippen LogP contribution in [0.1, 0.15) is 51.3 Å². The number of amides is 4. The standard InChI is InChI=1S/C33H47N9O9/c1-4-50-27(45)13-12-22(16-26(43)44)39-30(47)25(15-23-17-36-19-38-23)41-29(46)24(11-8-14-37-32(34)35)40-31(48)28(20(2)3)42-33(49)51-18-21-9-6-5-7-10-21/h5-7,9-10,12-13,17,19-20,22,24-25,28H,4,8,11,14-16,18H2,1-3H3,(H,36,38)(H,39,47)(H,40,48)(H,41,46)(H,42,49)(H,43,44)(H4,34,35,37)/b13-12+/t22-,24+,25+,28+/m1/s1. The number of carbonyl (C=O) groups is 6. The largest absolute Gasteiger partial charge is 0.481 e. The zero-order chi connectivity index (χ0) is 37.8. The zero-order valence-electron chi connectivity index (χ0n) is 28.8. The maximum Gasteiger partial charge on any atom is 0.408 e. The summed E-state index contributed by atoms with van der Waals surface area (Å²) in [7, 11) is 0. The number of hydrogen-bond acceptors (Lipinski definition) is 10. The van der Waals surface area contributed by atoms with Crippen molar-refractivity contribution < 1.29 is 43.3 Å². The second-order valence-electron chi connectivity index (χ2n) is 11.6. The van der Waals surface area contributed by atoms with Crippen LogP contribution in [-0.2, 0) is 46.5 Å². The van der Waals surface area contributed by atoms with Crippen LogP contribution < -0.4 is 32.7 Å². The first-order valence-corrected chi connectivity index (χ1v) is 16.3. The number of nitrogens with zero attached hydrogens (tertiary/aromatic N) is 2. The number of carboxylic acid groups (broad SMARTS) is 1. The van der Waals surface area contributed by atoms with Crippen LogP contribution in [-0.4, -0.2) is 94.1 Å². The molecule has 0 fully saturated rings. The van der Waals surface area contributed by atoms with Gasteiger partial charge in [-0.25, -0.2) is 14.6 Å². The number of esters is 1. The van der Waals surface area contributed by atoms with Crippen molar-refractivity contribution in [3.63, 3.8) is 0 Å². The molecule has 278 valence electrons. The molecule has 1 aromatic carbocycles. The molecule has 4 atom stereocenters. The van der Waals surface area contributed by atoms with Gasteiger partial charge in [0, 0.05) is 30.9 Å². The lowest BCUT2D eigenvalue weighted by Crippen LogP contribution is -2.58. The molecule has 0 spiro atoms. The van der Waals surface area contributed by atoms with Gasteiger partial charge in [-0.3, -0.25) is 24.2 Å². The van der Waals surface area contributed by atoms with E-state index in [0.717, 1.165) is 11.6 Å². The van der Waals surface area contributed by atoms with E-state index in [-0.39, 0.29) is 45.0 Å². The Hall–Kier alpha value is -5.94. The molecule has 18 nitrogen and oxygen atoms in total. The number of aromatic nitrogens is 2. The molecule has 1 heterocycles. The highest BCUT2D eigenvalue weighted by Crippen LogP contribution is 2.09. The smallest absolute Gasteiger partial charge is 0.408 e. The van der Waals surface area contributed by atoms with E-state index >= 15 is 0 Å². The second-order valence-corrected chi connectivity index (χ2v) is 11.6. The predicted molar refractivity (Wildman–Crippen MR) is 184 cm³/mol. The Kier molecular flexibility index (Phi) is 17.7. The number of aliphatic imine (C=N–C) groups is 1. The van der Waals surface area contributed by atoms with Gasteiger partial charge in [-0.05, 0) is 31.2 Å². The third-order valence-electron chi connectivity index (χ3n) is 7.10. The lowest BCUT2D eigenvalue weighted by atomic mass is 10.0. The number of aromatic amines is 1. The molecule has 18 heteroatoms. The third kappa shape index (κ3) is 16.3. The minimum atomic E-state index is -1.30. The molecule has 2 aromatic rings. The highest BCUT2D eigenvalue weighted by atomic mass is 16.5. The number of rotatable bonds is 21. The molecule has 0 bridgehead atoms. The van der Waals surface area contributed by atoms with Crippen molar-refractivity contribution in [3.8, 4) is 0 Å². The predicted octanol–water partition coefficient (Wildman–Crippen LogP) is 0.00520. The monoisotopic (exact) mass is 713 g/mol. The van der Waals surface area contributed by atoms with Crippen LogP contribution in [0.15, 0.2) is 60.0 Å². The topological polar surface area (TPSA) is 282 Å². The molecule has 0 saturated carbocycles. The summed E-state index contributed by atoms with van der Waals surface area (Å²) in [5.74, 6) is -4.82. The molecule has 0 aliphatic carbocycles. The second kappa shape index (κ2) is 21.9. The number of benzene rings is 1. The molecule has 0 radical (unpaired) electrons. The van der Waals surface area contributed by atoms with Crippen molar-refractivity contribution in [3.05, 3.63) is 66.3 Å². The average Bonchev–Trinajstić information content (AvgIpc) is 3.59. The van der Waals surface area contributed by atoms with Gasteiger partial charge < -0.3 is 52.3 Å². The molecule has 10 N–H and O–H groups in total. The molecular weight excluding hydrogens is 666 g/mol. The number of nitrogens with one attached hydrogen (secondary N) is 5. The van der Waals surface area contributed by atoms with E-state index in [2.05, 4.69) is 36.2 Å². The lowest BCUT2D eigenvalue weighted by molar-refractivity contribution is -0.139. The molecule has 0 aliphatic rings. The van der Waals surface area contributed by atoms with Crippen LogP contribution in [0.25, 0.3) is 0 Å². The summed E-state index contributed by atoms with van der Waals surface area (Å²) in [4.78, 5) is 87.5. The Balaban J connectivity index is 2.27. The fourth-order valence-corrected chi connectivity index (χ4v) is 4.58. The highest BCUT2D eigenvalue weighted by Gasteiger charge is 2.32. The quantitative estimate of drug-likeness (QED) is 0.0279. The summed E-state index contributed by atoms with van der Waals surface area (Å²) < 4.78 is 10.1. The zero-order valence-corrected chi connectivity index (χ0v) is 28.8. The van der Waals surface area contributed by atoms with Crippen LogP contribution >= 0.6 is 0 Å². The van der Waals surface area contributed by atoms with Crippen LogP contribution in [0.2, 0.25) is 0 Å². The summed E-state index contributed by atoms with van der Waals surface area (Å²) in [5, 5.41) is 19.7. The van der Waals surface area contributed by atoms with Crippen LogP contribution in [0, 0.1) is 5.92 Å². The summed E-state index contributed by atoms with van der Waals surface area (Å²) in [6, 6.07) is 4.18. The van der Waals surface area contributed by atoms with E-state index < -0.39 is 72.3 Å². The summed E-state index contributed by atoms with van der Waals surface area (Å²) in [5.41, 5.74) is 12.1. The van der Waals surface area contributed by atoms with Gasteiger partial charge in [0.25, 0.3) is 0 Å². The van der Waals surface area contributed by atoms with Gasteiger partial charge in [-0.1, -0.05) is 50.3 Å². The normalized spacial score (nSPS) is 13.3. The van der Waals surface area contributed by atoms with Crippen molar-refractivity contribution in [1.82, 2.24) is 31.2 Å². The Morgan fingerprint density at radius 2 is 1.65 bits per heavy atom. The first-order valence-electron chi connectivity index (χ1n) is 16.3. The number of imidazole rings is 1. The highest BCUT2D eigenvalue weighted by molar-refractivity contribution is 5.94. The van der Waals surface area contributed by atoms with Gasteiger partial charge in [0.15, 0.2) is 5.96 Å². The SMILES string of the molecule is CCOC(=O)/C=C/[C@H](CC(=O)O)NC(=O)[C@H](Cc1cnc[nH]1)NC(=O)[C@H](CCCN=C(N)N)NC(=O)[C@@H](NC(=O)OCc1ccccc1)C(C)C. The van der Waals surface area contributed by atoms with Gasteiger partial charge in [-0.2, -0.15) is 0 Å². The van der Waals surface area contributed by atoms with Gasteiger partial charge in [0.2, 0.25) is 17.7 Å². The van der Waals surface area contributed by atoms with Crippen molar-refractivity contribution >= 4 is 41.7 Å². The van der Waals surface area contributed by atoms with E-state index in [1.807, 2.05) is 6.07 Å². The van der Waals surface area contributed by atoms with Crippen LogP contribution in [0.4, 0.5) is 4.79 Å². The molecule has 0 saturated heterocycles. The van der Waals surface area contributed by atoms with Gasteiger partial charge in [-0.15, -0.1) is 0 Å².